The second kappa shape index (κ2) is 7.00. The highest BCUT2D eigenvalue weighted by Crippen LogP contribution is 2.57. The number of hydrogen-bond donors (Lipinski definition) is 2. The summed E-state index contributed by atoms with van der Waals surface area (Å²) in [6.45, 7) is 0. The SMILES string of the molecule is O=C(NC12CC3CC(C1)CC(NC(=O)c1ccc(F)cn1)(C3)C2)Oc1cnccn1. The highest BCUT2D eigenvalue weighted by Gasteiger charge is 2.59. The summed E-state index contributed by atoms with van der Waals surface area (Å²) in [5, 5.41) is 6.24. The van der Waals surface area contributed by atoms with Crippen LogP contribution in [0.25, 0.3) is 0 Å². The maximum absolute atomic E-state index is 13.1. The Morgan fingerprint density at radius 2 is 1.73 bits per heavy atom. The first-order valence-electron chi connectivity index (χ1n) is 10.1. The van der Waals surface area contributed by atoms with Gasteiger partial charge in [-0.05, 0) is 62.5 Å². The minimum atomic E-state index is -0.556. The summed E-state index contributed by atoms with van der Waals surface area (Å²) in [7, 11) is 0. The first kappa shape index (κ1) is 18.9. The zero-order valence-corrected chi connectivity index (χ0v) is 16.3. The number of halogens is 1. The molecule has 4 aliphatic rings. The van der Waals surface area contributed by atoms with E-state index in [2.05, 4.69) is 25.6 Å². The number of carbonyl (C=O) groups is 2. The van der Waals surface area contributed by atoms with Crippen LogP contribution in [0.15, 0.2) is 36.9 Å². The van der Waals surface area contributed by atoms with Crippen LogP contribution in [0.2, 0.25) is 0 Å². The third-order valence-corrected chi connectivity index (χ3v) is 6.50. The zero-order valence-electron chi connectivity index (χ0n) is 16.3. The van der Waals surface area contributed by atoms with Crippen LogP contribution >= 0.6 is 0 Å². The van der Waals surface area contributed by atoms with E-state index in [9.17, 15) is 14.0 Å². The van der Waals surface area contributed by atoms with Gasteiger partial charge in [-0.15, -0.1) is 0 Å². The second-order valence-corrected chi connectivity index (χ2v) is 8.90. The van der Waals surface area contributed by atoms with Crippen molar-refractivity contribution in [2.45, 2.75) is 49.6 Å². The maximum Gasteiger partial charge on any atom is 0.414 e. The average Bonchev–Trinajstić information content (AvgIpc) is 2.67. The average molecular weight is 411 g/mol. The van der Waals surface area contributed by atoms with Crippen LogP contribution in [0.1, 0.15) is 49.0 Å². The molecule has 4 saturated carbocycles. The van der Waals surface area contributed by atoms with Crippen LogP contribution in [0.5, 0.6) is 5.88 Å². The number of carbonyl (C=O) groups excluding carboxylic acids is 2. The fraction of sp³-hybridized carbons (Fsp3) is 0.476. The lowest BCUT2D eigenvalue weighted by Gasteiger charge is -2.61. The number of nitrogens with zero attached hydrogens (tertiary/aromatic N) is 3. The van der Waals surface area contributed by atoms with Gasteiger partial charge in [-0.2, -0.15) is 0 Å². The molecule has 2 atom stereocenters. The molecule has 2 heterocycles. The predicted molar refractivity (Wildman–Crippen MR) is 103 cm³/mol. The molecular formula is C21H22FN5O3. The van der Waals surface area contributed by atoms with E-state index in [1.165, 1.54) is 30.7 Å². The lowest BCUT2D eigenvalue weighted by Crippen LogP contribution is -2.70. The smallest absolute Gasteiger partial charge is 0.390 e. The third kappa shape index (κ3) is 3.59. The quantitative estimate of drug-likeness (QED) is 0.801. The number of amides is 2. The number of nitrogens with one attached hydrogen (secondary N) is 2. The Morgan fingerprint density at radius 1 is 1.00 bits per heavy atom. The van der Waals surface area contributed by atoms with E-state index < -0.39 is 23.0 Å². The van der Waals surface area contributed by atoms with Crippen LogP contribution in [-0.4, -0.2) is 38.0 Å². The first-order valence-corrected chi connectivity index (χ1v) is 10.1. The summed E-state index contributed by atoms with van der Waals surface area (Å²) < 4.78 is 18.4. The van der Waals surface area contributed by atoms with E-state index in [0.29, 0.717) is 18.3 Å². The molecule has 2 aromatic heterocycles. The number of rotatable bonds is 4. The molecule has 2 unspecified atom stereocenters. The summed E-state index contributed by atoms with van der Waals surface area (Å²) in [5.74, 6) is 0.194. The molecule has 0 spiro atoms. The topological polar surface area (TPSA) is 106 Å². The van der Waals surface area contributed by atoms with E-state index >= 15 is 0 Å². The van der Waals surface area contributed by atoms with Crippen molar-refractivity contribution in [3.05, 3.63) is 48.4 Å². The molecule has 0 radical (unpaired) electrons. The molecule has 0 aromatic carbocycles. The van der Waals surface area contributed by atoms with Crippen molar-refractivity contribution in [3.8, 4) is 5.88 Å². The van der Waals surface area contributed by atoms with Gasteiger partial charge >= 0.3 is 6.09 Å². The van der Waals surface area contributed by atoms with Gasteiger partial charge in [0.2, 0.25) is 5.88 Å². The van der Waals surface area contributed by atoms with Crippen molar-refractivity contribution in [2.24, 2.45) is 11.8 Å². The van der Waals surface area contributed by atoms with Crippen molar-refractivity contribution in [1.82, 2.24) is 25.6 Å². The van der Waals surface area contributed by atoms with Gasteiger partial charge in [-0.25, -0.2) is 19.2 Å². The Labute approximate surface area is 172 Å². The Hall–Kier alpha value is -3.10. The normalized spacial score (nSPS) is 31.2. The van der Waals surface area contributed by atoms with Crippen molar-refractivity contribution in [1.29, 1.82) is 0 Å². The highest BCUT2D eigenvalue weighted by atomic mass is 19.1. The van der Waals surface area contributed by atoms with Gasteiger partial charge < -0.3 is 15.4 Å². The molecule has 4 bridgehead atoms. The molecular weight excluding hydrogens is 389 g/mol. The Kier molecular flexibility index (Phi) is 4.41. The van der Waals surface area contributed by atoms with Crippen molar-refractivity contribution >= 4 is 12.0 Å². The maximum atomic E-state index is 13.1. The molecule has 30 heavy (non-hydrogen) atoms. The molecule has 2 amide bonds. The molecule has 4 aliphatic carbocycles. The van der Waals surface area contributed by atoms with Gasteiger partial charge in [-0.3, -0.25) is 9.78 Å². The minimum absolute atomic E-state index is 0.144. The number of pyridine rings is 1. The summed E-state index contributed by atoms with van der Waals surface area (Å²) in [6.07, 6.45) is 10.1. The molecule has 4 fully saturated rings. The third-order valence-electron chi connectivity index (χ3n) is 6.50. The molecule has 0 aliphatic heterocycles. The molecule has 0 saturated heterocycles. The second-order valence-electron chi connectivity index (χ2n) is 8.90. The number of hydrogen-bond acceptors (Lipinski definition) is 6. The van der Waals surface area contributed by atoms with Gasteiger partial charge in [0.15, 0.2) is 0 Å². The van der Waals surface area contributed by atoms with Gasteiger partial charge in [0, 0.05) is 23.5 Å². The van der Waals surface area contributed by atoms with Crippen LogP contribution < -0.4 is 15.4 Å². The van der Waals surface area contributed by atoms with Crippen molar-refractivity contribution < 1.29 is 18.7 Å². The molecule has 2 N–H and O–H groups in total. The number of ether oxygens (including phenoxy) is 1. The summed E-state index contributed by atoms with van der Waals surface area (Å²) in [6, 6.07) is 2.62. The summed E-state index contributed by atoms with van der Waals surface area (Å²) in [4.78, 5) is 37.1. The van der Waals surface area contributed by atoms with Crippen LogP contribution in [0.3, 0.4) is 0 Å². The lowest BCUT2D eigenvalue weighted by molar-refractivity contribution is -0.0450. The summed E-state index contributed by atoms with van der Waals surface area (Å²) in [5.41, 5.74) is -0.638. The lowest BCUT2D eigenvalue weighted by atomic mass is 9.50. The molecule has 9 heteroatoms. The van der Waals surface area contributed by atoms with Crippen molar-refractivity contribution in [3.63, 3.8) is 0 Å². The van der Waals surface area contributed by atoms with E-state index in [-0.39, 0.29) is 17.5 Å². The molecule has 156 valence electrons. The molecule has 2 aromatic rings. The number of aromatic nitrogens is 3. The van der Waals surface area contributed by atoms with E-state index in [1.807, 2.05) is 0 Å². The largest absolute Gasteiger partial charge is 0.414 e. The van der Waals surface area contributed by atoms with Crippen LogP contribution in [-0.2, 0) is 0 Å². The van der Waals surface area contributed by atoms with Gasteiger partial charge in [0.05, 0.1) is 12.4 Å². The first-order chi connectivity index (χ1) is 14.4. The van der Waals surface area contributed by atoms with Gasteiger partial charge in [0.1, 0.15) is 11.5 Å². The monoisotopic (exact) mass is 411 g/mol. The van der Waals surface area contributed by atoms with E-state index in [1.54, 1.807) is 0 Å². The Morgan fingerprint density at radius 3 is 2.37 bits per heavy atom. The fourth-order valence-corrected chi connectivity index (χ4v) is 6.05. The zero-order chi connectivity index (χ0) is 20.8. The Bertz CT molecular complexity index is 954. The Balaban J connectivity index is 1.32. The van der Waals surface area contributed by atoms with E-state index in [4.69, 9.17) is 4.74 Å². The molecule has 6 rings (SSSR count). The highest BCUT2D eigenvalue weighted by molar-refractivity contribution is 5.92. The van der Waals surface area contributed by atoms with Gasteiger partial charge in [-0.1, -0.05) is 0 Å². The van der Waals surface area contributed by atoms with E-state index in [0.717, 1.165) is 38.3 Å². The minimum Gasteiger partial charge on any atom is -0.390 e. The fourth-order valence-electron chi connectivity index (χ4n) is 6.05. The van der Waals surface area contributed by atoms with Crippen molar-refractivity contribution in [2.75, 3.05) is 0 Å². The predicted octanol–water partition coefficient (Wildman–Crippen LogP) is 2.62. The van der Waals surface area contributed by atoms with Crippen LogP contribution in [0.4, 0.5) is 9.18 Å². The van der Waals surface area contributed by atoms with Crippen LogP contribution in [0, 0.1) is 17.7 Å². The molecule has 8 nitrogen and oxygen atoms in total. The standard InChI is InChI=1S/C21H22FN5O3/c22-15-1-2-16(25-10-15)18(28)26-20-6-13-5-14(7-20)9-21(8-13,12-20)27-19(29)30-17-11-23-3-4-24-17/h1-4,10-11,13-14H,5-9,12H2,(H,26,28)(H,27,29). The summed E-state index contributed by atoms with van der Waals surface area (Å²) >= 11 is 0. The van der Waals surface area contributed by atoms with Gasteiger partial charge in [0.25, 0.3) is 5.91 Å².